The molecule has 0 aromatic rings. The third-order valence-electron chi connectivity index (χ3n) is 0.800. The number of amidine groups is 1. The van der Waals surface area contributed by atoms with E-state index in [9.17, 15) is 0 Å². The van der Waals surface area contributed by atoms with Gasteiger partial charge in [-0.2, -0.15) is 0 Å². The van der Waals surface area contributed by atoms with E-state index >= 15 is 0 Å². The summed E-state index contributed by atoms with van der Waals surface area (Å²) in [5.74, 6) is 0.307. The van der Waals surface area contributed by atoms with Crippen LogP contribution < -0.4 is 5.73 Å². The highest BCUT2D eigenvalue weighted by molar-refractivity contribution is 5.76. The van der Waals surface area contributed by atoms with E-state index in [1.165, 1.54) is 0 Å². The van der Waals surface area contributed by atoms with Crippen molar-refractivity contribution in [2.45, 2.75) is 26.2 Å². The minimum Gasteiger partial charge on any atom is -0.388 e. The van der Waals surface area contributed by atoms with Gasteiger partial charge in [0.1, 0.15) is 0 Å². The molecule has 0 radical (unpaired) electrons. The van der Waals surface area contributed by atoms with Gasteiger partial charge in [0.05, 0.1) is 5.84 Å². The van der Waals surface area contributed by atoms with Crippen LogP contribution in [0, 0.1) is 5.41 Å². The highest BCUT2D eigenvalue weighted by Gasteiger charge is 1.83. The van der Waals surface area contributed by atoms with E-state index in [0.29, 0.717) is 5.84 Å². The van der Waals surface area contributed by atoms with Crippen molar-refractivity contribution >= 4 is 5.84 Å². The Hall–Kier alpha value is -0.530. The molecular formula is C5H12N2. The van der Waals surface area contributed by atoms with Crippen LogP contribution in [0.5, 0.6) is 0 Å². The van der Waals surface area contributed by atoms with Gasteiger partial charge < -0.3 is 5.73 Å². The fourth-order valence-corrected chi connectivity index (χ4v) is 0.367. The van der Waals surface area contributed by atoms with Crippen LogP contribution in [0.1, 0.15) is 26.2 Å². The number of hydrogen-bond donors (Lipinski definition) is 2. The van der Waals surface area contributed by atoms with E-state index in [-0.39, 0.29) is 0 Å². The molecule has 0 aliphatic carbocycles. The molecule has 0 unspecified atom stereocenters. The summed E-state index contributed by atoms with van der Waals surface area (Å²) in [7, 11) is 0. The SMILES string of the molecule is CCCCC(=N)N. The molecular weight excluding hydrogens is 88.1 g/mol. The van der Waals surface area contributed by atoms with Gasteiger partial charge in [0.25, 0.3) is 0 Å². The fourth-order valence-electron chi connectivity index (χ4n) is 0.367. The van der Waals surface area contributed by atoms with Crippen molar-refractivity contribution in [2.24, 2.45) is 5.73 Å². The first-order valence-electron chi connectivity index (χ1n) is 2.60. The lowest BCUT2D eigenvalue weighted by molar-refractivity contribution is 0.828. The zero-order valence-corrected chi connectivity index (χ0v) is 4.70. The Kier molecular flexibility index (Phi) is 3.38. The summed E-state index contributed by atoms with van der Waals surface area (Å²) in [5, 5.41) is 6.78. The lowest BCUT2D eigenvalue weighted by Crippen LogP contribution is -2.07. The van der Waals surface area contributed by atoms with Crippen LogP contribution in [-0.4, -0.2) is 5.84 Å². The second-order valence-corrected chi connectivity index (χ2v) is 1.63. The molecule has 0 rings (SSSR count). The van der Waals surface area contributed by atoms with Crippen molar-refractivity contribution in [3.05, 3.63) is 0 Å². The Morgan fingerprint density at radius 3 is 2.43 bits per heavy atom. The molecule has 0 fully saturated rings. The van der Waals surface area contributed by atoms with Crippen molar-refractivity contribution in [1.29, 1.82) is 5.41 Å². The van der Waals surface area contributed by atoms with Gasteiger partial charge >= 0.3 is 0 Å². The van der Waals surface area contributed by atoms with Gasteiger partial charge in [0, 0.05) is 6.42 Å². The average molecular weight is 100 g/mol. The summed E-state index contributed by atoms with van der Waals surface area (Å²) in [6.07, 6.45) is 2.94. The molecule has 2 heteroatoms. The topological polar surface area (TPSA) is 49.9 Å². The quantitative estimate of drug-likeness (QED) is 0.405. The van der Waals surface area contributed by atoms with Gasteiger partial charge in [-0.3, -0.25) is 5.41 Å². The number of rotatable bonds is 3. The second kappa shape index (κ2) is 3.65. The normalized spacial score (nSPS) is 8.71. The monoisotopic (exact) mass is 100 g/mol. The molecule has 2 nitrogen and oxygen atoms in total. The predicted octanol–water partition coefficient (Wildman–Crippen LogP) is 1.11. The fraction of sp³-hybridized carbons (Fsp3) is 0.800. The summed E-state index contributed by atoms with van der Waals surface area (Å²) in [4.78, 5) is 0. The highest BCUT2D eigenvalue weighted by atomic mass is 14.7. The number of hydrogen-bond acceptors (Lipinski definition) is 1. The maximum atomic E-state index is 6.78. The van der Waals surface area contributed by atoms with Crippen molar-refractivity contribution in [3.63, 3.8) is 0 Å². The van der Waals surface area contributed by atoms with Gasteiger partial charge in [0.15, 0.2) is 0 Å². The smallest absolute Gasteiger partial charge is 0.0905 e. The van der Waals surface area contributed by atoms with E-state index in [4.69, 9.17) is 11.1 Å². The average Bonchev–Trinajstić information content (AvgIpc) is 1.61. The zero-order valence-electron chi connectivity index (χ0n) is 4.70. The molecule has 0 aromatic carbocycles. The second-order valence-electron chi connectivity index (χ2n) is 1.63. The Morgan fingerprint density at radius 1 is 1.71 bits per heavy atom. The van der Waals surface area contributed by atoms with Crippen molar-refractivity contribution in [1.82, 2.24) is 0 Å². The molecule has 0 saturated heterocycles. The summed E-state index contributed by atoms with van der Waals surface area (Å²) < 4.78 is 0. The molecule has 0 bridgehead atoms. The maximum Gasteiger partial charge on any atom is 0.0905 e. The van der Waals surface area contributed by atoms with Crippen LogP contribution in [0.15, 0.2) is 0 Å². The largest absolute Gasteiger partial charge is 0.388 e. The van der Waals surface area contributed by atoms with E-state index < -0.39 is 0 Å². The van der Waals surface area contributed by atoms with Gasteiger partial charge in [-0.05, 0) is 6.42 Å². The summed E-state index contributed by atoms with van der Waals surface area (Å²) >= 11 is 0. The molecule has 0 atom stereocenters. The van der Waals surface area contributed by atoms with Crippen LogP contribution in [-0.2, 0) is 0 Å². The lowest BCUT2D eigenvalue weighted by Gasteiger charge is -1.90. The van der Waals surface area contributed by atoms with Crippen LogP contribution in [0.25, 0.3) is 0 Å². The van der Waals surface area contributed by atoms with Crippen molar-refractivity contribution in [3.8, 4) is 0 Å². The first-order valence-corrected chi connectivity index (χ1v) is 2.60. The van der Waals surface area contributed by atoms with Gasteiger partial charge in [0.2, 0.25) is 0 Å². The molecule has 0 spiro atoms. The maximum absolute atomic E-state index is 6.78. The molecule has 0 amide bonds. The number of unbranched alkanes of at least 4 members (excludes halogenated alkanes) is 1. The van der Waals surface area contributed by atoms with Crippen LogP contribution in [0.3, 0.4) is 0 Å². The Morgan fingerprint density at radius 2 is 2.29 bits per heavy atom. The predicted molar refractivity (Wildman–Crippen MR) is 31.4 cm³/mol. The minimum absolute atomic E-state index is 0.307. The molecule has 0 aliphatic heterocycles. The van der Waals surface area contributed by atoms with E-state index in [2.05, 4.69) is 6.92 Å². The third-order valence-corrected chi connectivity index (χ3v) is 0.800. The van der Waals surface area contributed by atoms with E-state index in [1.807, 2.05) is 0 Å². The highest BCUT2D eigenvalue weighted by Crippen LogP contribution is 1.90. The Bertz CT molecular complexity index is 59.1. The van der Waals surface area contributed by atoms with Gasteiger partial charge in [-0.1, -0.05) is 13.3 Å². The summed E-state index contributed by atoms with van der Waals surface area (Å²) in [6, 6.07) is 0. The van der Waals surface area contributed by atoms with E-state index in [1.54, 1.807) is 0 Å². The molecule has 0 aromatic heterocycles. The Balaban J connectivity index is 2.82. The summed E-state index contributed by atoms with van der Waals surface area (Å²) in [5.41, 5.74) is 5.06. The standard InChI is InChI=1S/C5H12N2/c1-2-3-4-5(6)7/h2-4H2,1H3,(H3,6,7). The number of nitrogens with two attached hydrogens (primary N) is 1. The number of nitrogens with one attached hydrogen (secondary N) is 1. The van der Waals surface area contributed by atoms with Crippen LogP contribution in [0.2, 0.25) is 0 Å². The first-order chi connectivity index (χ1) is 3.27. The molecule has 7 heavy (non-hydrogen) atoms. The zero-order chi connectivity index (χ0) is 5.70. The minimum atomic E-state index is 0.307. The third kappa shape index (κ3) is 5.47. The van der Waals surface area contributed by atoms with Gasteiger partial charge in [-0.15, -0.1) is 0 Å². The lowest BCUT2D eigenvalue weighted by atomic mass is 10.2. The molecule has 0 saturated carbocycles. The Labute approximate surface area is 44.2 Å². The molecule has 3 N–H and O–H groups in total. The van der Waals surface area contributed by atoms with Crippen molar-refractivity contribution < 1.29 is 0 Å². The van der Waals surface area contributed by atoms with Gasteiger partial charge in [-0.25, -0.2) is 0 Å². The first kappa shape index (κ1) is 6.47. The van der Waals surface area contributed by atoms with Crippen molar-refractivity contribution in [2.75, 3.05) is 0 Å². The van der Waals surface area contributed by atoms with Crippen LogP contribution in [0.4, 0.5) is 0 Å². The molecule has 0 heterocycles. The van der Waals surface area contributed by atoms with Crippen LogP contribution >= 0.6 is 0 Å². The summed E-state index contributed by atoms with van der Waals surface area (Å²) in [6.45, 7) is 2.09. The molecule has 0 aliphatic rings. The molecule has 42 valence electrons. The van der Waals surface area contributed by atoms with E-state index in [0.717, 1.165) is 19.3 Å².